The third kappa shape index (κ3) is 3.58. The first-order chi connectivity index (χ1) is 9.47. The van der Waals surface area contributed by atoms with Gasteiger partial charge in [-0.15, -0.1) is 0 Å². The van der Waals surface area contributed by atoms with E-state index in [0.717, 1.165) is 10.0 Å². The second-order valence-corrected chi connectivity index (χ2v) is 5.77. The average molecular weight is 341 g/mol. The van der Waals surface area contributed by atoms with Gasteiger partial charge in [-0.25, -0.2) is 0 Å². The molecule has 108 valence electrons. The minimum Gasteiger partial charge on any atom is -0.485 e. The number of hydrogen-bond acceptors (Lipinski definition) is 5. The number of benzene rings is 1. The monoisotopic (exact) mass is 340 g/mol. The van der Waals surface area contributed by atoms with Crippen LogP contribution in [0.3, 0.4) is 0 Å². The fourth-order valence-corrected chi connectivity index (χ4v) is 2.02. The average Bonchev–Trinajstić information content (AvgIpc) is 2.85. The molecule has 1 aromatic heterocycles. The molecule has 1 atom stereocenters. The molecule has 0 radical (unpaired) electrons. The van der Waals surface area contributed by atoms with E-state index in [1.807, 2.05) is 32.0 Å². The van der Waals surface area contributed by atoms with Crippen LogP contribution in [0.2, 0.25) is 0 Å². The number of hydrogen-bond donors (Lipinski definition) is 1. The fraction of sp³-hybridized carbons (Fsp3) is 0.429. The maximum atomic E-state index is 9.72. The van der Waals surface area contributed by atoms with E-state index in [9.17, 15) is 5.11 Å². The SMILES string of the molecule is CC(C)c1nc(COc2cc(Br)ccc2C(C)O)no1. The molecule has 1 unspecified atom stereocenters. The first kappa shape index (κ1) is 15.0. The van der Waals surface area contributed by atoms with E-state index in [-0.39, 0.29) is 12.5 Å². The van der Waals surface area contributed by atoms with Gasteiger partial charge in [0.05, 0.1) is 6.10 Å². The summed E-state index contributed by atoms with van der Waals surface area (Å²) < 4.78 is 11.7. The molecule has 0 saturated heterocycles. The largest absolute Gasteiger partial charge is 0.485 e. The van der Waals surface area contributed by atoms with Crippen LogP contribution in [0.4, 0.5) is 0 Å². The molecule has 0 saturated carbocycles. The summed E-state index contributed by atoms with van der Waals surface area (Å²) in [6.45, 7) is 5.86. The van der Waals surface area contributed by atoms with Crippen LogP contribution in [-0.4, -0.2) is 15.2 Å². The molecular formula is C14H17BrN2O3. The zero-order valence-corrected chi connectivity index (χ0v) is 13.2. The lowest BCUT2D eigenvalue weighted by Gasteiger charge is -2.12. The Morgan fingerprint density at radius 2 is 2.10 bits per heavy atom. The highest BCUT2D eigenvalue weighted by Crippen LogP contribution is 2.29. The first-order valence-corrected chi connectivity index (χ1v) is 7.19. The van der Waals surface area contributed by atoms with Crippen molar-refractivity contribution < 1.29 is 14.4 Å². The van der Waals surface area contributed by atoms with Gasteiger partial charge in [0.1, 0.15) is 5.75 Å². The first-order valence-electron chi connectivity index (χ1n) is 6.40. The Morgan fingerprint density at radius 3 is 2.70 bits per heavy atom. The van der Waals surface area contributed by atoms with Crippen LogP contribution in [0.25, 0.3) is 0 Å². The van der Waals surface area contributed by atoms with Gasteiger partial charge in [0.25, 0.3) is 0 Å². The maximum absolute atomic E-state index is 9.72. The molecular weight excluding hydrogens is 324 g/mol. The summed E-state index contributed by atoms with van der Waals surface area (Å²) >= 11 is 3.38. The van der Waals surface area contributed by atoms with Crippen molar-refractivity contribution in [3.05, 3.63) is 40.0 Å². The zero-order valence-electron chi connectivity index (χ0n) is 11.6. The van der Waals surface area contributed by atoms with E-state index < -0.39 is 6.10 Å². The highest BCUT2D eigenvalue weighted by atomic mass is 79.9. The standard InChI is InChI=1S/C14H17BrN2O3/c1-8(2)14-16-13(17-20-14)7-19-12-6-10(15)4-5-11(12)9(3)18/h4-6,8-9,18H,7H2,1-3H3. The van der Waals surface area contributed by atoms with E-state index in [0.29, 0.717) is 17.5 Å². The summed E-state index contributed by atoms with van der Waals surface area (Å²) in [4.78, 5) is 4.24. The van der Waals surface area contributed by atoms with Gasteiger partial charge in [0, 0.05) is 16.0 Å². The summed E-state index contributed by atoms with van der Waals surface area (Å²) in [5.74, 6) is 1.87. The van der Waals surface area contributed by atoms with E-state index in [4.69, 9.17) is 9.26 Å². The predicted molar refractivity (Wildman–Crippen MR) is 77.5 cm³/mol. The number of rotatable bonds is 5. The number of aliphatic hydroxyl groups excluding tert-OH is 1. The second-order valence-electron chi connectivity index (χ2n) is 4.85. The highest BCUT2D eigenvalue weighted by Gasteiger charge is 2.13. The number of aliphatic hydroxyl groups is 1. The molecule has 6 heteroatoms. The van der Waals surface area contributed by atoms with Crippen molar-refractivity contribution in [2.24, 2.45) is 0 Å². The topological polar surface area (TPSA) is 68.4 Å². The van der Waals surface area contributed by atoms with Crippen molar-refractivity contribution in [1.29, 1.82) is 0 Å². The van der Waals surface area contributed by atoms with Crippen molar-refractivity contribution >= 4 is 15.9 Å². The minimum atomic E-state index is -0.602. The van der Waals surface area contributed by atoms with Gasteiger partial charge in [-0.1, -0.05) is 41.0 Å². The second kappa shape index (κ2) is 6.37. The lowest BCUT2D eigenvalue weighted by molar-refractivity contribution is 0.189. The number of ether oxygens (including phenoxy) is 1. The van der Waals surface area contributed by atoms with Crippen LogP contribution in [0.1, 0.15) is 50.1 Å². The highest BCUT2D eigenvalue weighted by molar-refractivity contribution is 9.10. The van der Waals surface area contributed by atoms with Gasteiger partial charge < -0.3 is 14.4 Å². The Balaban J connectivity index is 2.11. The lowest BCUT2D eigenvalue weighted by atomic mass is 10.1. The smallest absolute Gasteiger partial charge is 0.229 e. The molecule has 0 spiro atoms. The number of aromatic nitrogens is 2. The fourth-order valence-electron chi connectivity index (χ4n) is 1.68. The summed E-state index contributed by atoms with van der Waals surface area (Å²) in [6.07, 6.45) is -0.602. The van der Waals surface area contributed by atoms with E-state index >= 15 is 0 Å². The van der Waals surface area contributed by atoms with Gasteiger partial charge in [-0.3, -0.25) is 0 Å². The van der Waals surface area contributed by atoms with Crippen LogP contribution in [0.15, 0.2) is 27.2 Å². The third-order valence-electron chi connectivity index (χ3n) is 2.76. The maximum Gasteiger partial charge on any atom is 0.229 e. The summed E-state index contributed by atoms with van der Waals surface area (Å²) in [5, 5.41) is 13.6. The number of halogens is 1. The van der Waals surface area contributed by atoms with Crippen LogP contribution >= 0.6 is 15.9 Å². The van der Waals surface area contributed by atoms with Crippen LogP contribution in [-0.2, 0) is 6.61 Å². The molecule has 0 aliphatic carbocycles. The molecule has 0 bridgehead atoms. The van der Waals surface area contributed by atoms with E-state index in [1.165, 1.54) is 0 Å². The molecule has 0 fully saturated rings. The van der Waals surface area contributed by atoms with Crippen LogP contribution in [0, 0.1) is 0 Å². The molecule has 0 aliphatic heterocycles. The Hall–Kier alpha value is -1.40. The van der Waals surface area contributed by atoms with Crippen molar-refractivity contribution in [3.63, 3.8) is 0 Å². The molecule has 1 N–H and O–H groups in total. The van der Waals surface area contributed by atoms with Gasteiger partial charge in [-0.2, -0.15) is 4.98 Å². The van der Waals surface area contributed by atoms with Crippen LogP contribution < -0.4 is 4.74 Å². The normalized spacial score (nSPS) is 12.7. The number of nitrogens with zero attached hydrogens (tertiary/aromatic N) is 2. The molecule has 1 aromatic carbocycles. The van der Waals surface area contributed by atoms with Gasteiger partial charge >= 0.3 is 0 Å². The zero-order chi connectivity index (χ0) is 14.7. The molecule has 2 rings (SSSR count). The molecule has 1 heterocycles. The molecule has 0 aliphatic rings. The van der Waals surface area contributed by atoms with Crippen molar-refractivity contribution in [2.45, 2.75) is 39.4 Å². The van der Waals surface area contributed by atoms with Gasteiger partial charge in [0.2, 0.25) is 11.7 Å². The van der Waals surface area contributed by atoms with Gasteiger partial charge in [-0.05, 0) is 19.1 Å². The van der Waals surface area contributed by atoms with Crippen molar-refractivity contribution in [1.82, 2.24) is 10.1 Å². The minimum absolute atomic E-state index is 0.190. The molecule has 0 amide bonds. The summed E-state index contributed by atoms with van der Waals surface area (Å²) in [5.41, 5.74) is 0.723. The quantitative estimate of drug-likeness (QED) is 0.900. The molecule has 20 heavy (non-hydrogen) atoms. The molecule has 2 aromatic rings. The summed E-state index contributed by atoms with van der Waals surface area (Å²) in [7, 11) is 0. The van der Waals surface area contributed by atoms with Crippen molar-refractivity contribution in [3.8, 4) is 5.75 Å². The Kier molecular flexibility index (Phi) is 4.77. The Labute approximate surface area is 126 Å². The van der Waals surface area contributed by atoms with E-state index in [2.05, 4.69) is 26.1 Å². The van der Waals surface area contributed by atoms with Gasteiger partial charge in [0.15, 0.2) is 6.61 Å². The summed E-state index contributed by atoms with van der Waals surface area (Å²) in [6, 6.07) is 5.49. The Bertz CT molecular complexity index is 582. The lowest BCUT2D eigenvalue weighted by Crippen LogP contribution is -2.02. The van der Waals surface area contributed by atoms with Crippen molar-refractivity contribution in [2.75, 3.05) is 0 Å². The predicted octanol–water partition coefficient (Wildman–Crippen LogP) is 3.59. The van der Waals surface area contributed by atoms with Crippen LogP contribution in [0.5, 0.6) is 5.75 Å². The Morgan fingerprint density at radius 1 is 1.35 bits per heavy atom. The third-order valence-corrected chi connectivity index (χ3v) is 3.25. The van der Waals surface area contributed by atoms with E-state index in [1.54, 1.807) is 6.92 Å². The molecule has 5 nitrogen and oxygen atoms in total.